The molecule has 1 saturated carbocycles. The number of halogens is 1. The molecule has 0 aromatic heterocycles. The van der Waals surface area contributed by atoms with Crippen molar-refractivity contribution in [1.29, 1.82) is 0 Å². The van der Waals surface area contributed by atoms with E-state index in [0.717, 1.165) is 12.8 Å². The van der Waals surface area contributed by atoms with Crippen LogP contribution in [0.5, 0.6) is 5.75 Å². The zero-order valence-electron chi connectivity index (χ0n) is 14.8. The summed E-state index contributed by atoms with van der Waals surface area (Å²) in [6.07, 6.45) is 1.40. The third-order valence-electron chi connectivity index (χ3n) is 4.61. The van der Waals surface area contributed by atoms with Crippen molar-refractivity contribution in [2.45, 2.75) is 38.0 Å². The maximum Gasteiger partial charge on any atom is 0.265 e. The summed E-state index contributed by atoms with van der Waals surface area (Å²) in [4.78, 5) is 24.5. The van der Waals surface area contributed by atoms with Crippen LogP contribution in [0.25, 0.3) is 0 Å². The normalized spacial score (nSPS) is 19.3. The van der Waals surface area contributed by atoms with Crippen molar-refractivity contribution in [2.24, 2.45) is 0 Å². The van der Waals surface area contributed by atoms with E-state index >= 15 is 0 Å². The minimum atomic E-state index is -0.677. The second-order valence-corrected chi connectivity index (χ2v) is 6.87. The van der Waals surface area contributed by atoms with E-state index in [-0.39, 0.29) is 23.7 Å². The molecule has 1 fully saturated rings. The van der Waals surface area contributed by atoms with E-state index in [1.54, 1.807) is 37.3 Å². The quantitative estimate of drug-likeness (QED) is 0.757. The molecule has 2 aliphatic rings. The van der Waals surface area contributed by atoms with E-state index in [9.17, 15) is 14.0 Å². The molecule has 4 rings (SSSR count). The first-order chi connectivity index (χ1) is 13.0. The fourth-order valence-electron chi connectivity index (χ4n) is 2.93. The standard InChI is InChI=1S/C20H20FN3O3/c1-11-19(25)24-16-10-15(8-9-17(16)27-11)22-18(20(26)23-14-6-7-14)12-2-4-13(21)5-3-12/h2-5,8-11,14,18,22H,6-7H2,1H3,(H,23,26)(H,24,25). The Bertz CT molecular complexity index is 881. The van der Waals surface area contributed by atoms with Crippen LogP contribution in [0.4, 0.5) is 15.8 Å². The summed E-state index contributed by atoms with van der Waals surface area (Å²) in [5.74, 6) is -0.173. The van der Waals surface area contributed by atoms with Crippen molar-refractivity contribution in [3.8, 4) is 5.75 Å². The van der Waals surface area contributed by atoms with Crippen LogP contribution >= 0.6 is 0 Å². The van der Waals surface area contributed by atoms with Gasteiger partial charge in [0.05, 0.1) is 5.69 Å². The van der Waals surface area contributed by atoms with E-state index in [0.29, 0.717) is 22.7 Å². The van der Waals surface area contributed by atoms with Gasteiger partial charge in [0, 0.05) is 11.7 Å². The number of amides is 2. The highest BCUT2D eigenvalue weighted by Gasteiger charge is 2.29. The van der Waals surface area contributed by atoms with Crippen LogP contribution in [0.1, 0.15) is 31.4 Å². The number of ether oxygens (including phenoxy) is 1. The van der Waals surface area contributed by atoms with Gasteiger partial charge in [-0.15, -0.1) is 0 Å². The summed E-state index contributed by atoms with van der Waals surface area (Å²) in [6, 6.07) is 10.6. The Balaban J connectivity index is 1.59. The van der Waals surface area contributed by atoms with E-state index in [1.807, 2.05) is 0 Å². The number of hydrogen-bond acceptors (Lipinski definition) is 4. The first kappa shape index (κ1) is 17.3. The van der Waals surface area contributed by atoms with Gasteiger partial charge in [-0.2, -0.15) is 0 Å². The number of fused-ring (bicyclic) bond motifs is 1. The largest absolute Gasteiger partial charge is 0.479 e. The molecule has 7 heteroatoms. The summed E-state index contributed by atoms with van der Waals surface area (Å²) in [5, 5.41) is 8.94. The van der Waals surface area contributed by atoms with E-state index in [4.69, 9.17) is 4.74 Å². The van der Waals surface area contributed by atoms with Gasteiger partial charge in [0.1, 0.15) is 17.6 Å². The fourth-order valence-corrected chi connectivity index (χ4v) is 2.93. The first-order valence-electron chi connectivity index (χ1n) is 8.93. The van der Waals surface area contributed by atoms with Crippen LogP contribution < -0.4 is 20.7 Å². The number of hydrogen-bond donors (Lipinski definition) is 3. The minimum Gasteiger partial charge on any atom is -0.479 e. The number of carbonyl (C=O) groups excluding carboxylic acids is 2. The summed E-state index contributed by atoms with van der Waals surface area (Å²) in [7, 11) is 0. The second kappa shape index (κ2) is 6.90. The van der Waals surface area contributed by atoms with Crippen molar-refractivity contribution >= 4 is 23.2 Å². The highest BCUT2D eigenvalue weighted by atomic mass is 19.1. The summed E-state index contributed by atoms with van der Waals surface area (Å²) in [6.45, 7) is 1.68. The zero-order chi connectivity index (χ0) is 19.0. The average molecular weight is 369 g/mol. The molecular formula is C20H20FN3O3. The van der Waals surface area contributed by atoms with Gasteiger partial charge in [0.2, 0.25) is 5.91 Å². The molecular weight excluding hydrogens is 349 g/mol. The van der Waals surface area contributed by atoms with Gasteiger partial charge in [-0.1, -0.05) is 12.1 Å². The topological polar surface area (TPSA) is 79.5 Å². The molecule has 140 valence electrons. The van der Waals surface area contributed by atoms with Crippen LogP contribution in [0.2, 0.25) is 0 Å². The molecule has 2 unspecified atom stereocenters. The molecule has 2 aromatic rings. The van der Waals surface area contributed by atoms with Crippen molar-refractivity contribution in [3.63, 3.8) is 0 Å². The lowest BCUT2D eigenvalue weighted by Gasteiger charge is -2.25. The first-order valence-corrected chi connectivity index (χ1v) is 8.93. The van der Waals surface area contributed by atoms with Crippen molar-refractivity contribution in [1.82, 2.24) is 5.32 Å². The van der Waals surface area contributed by atoms with E-state index in [1.165, 1.54) is 12.1 Å². The SMILES string of the molecule is CC1Oc2ccc(NC(C(=O)NC3CC3)c3ccc(F)cc3)cc2NC1=O. The van der Waals surface area contributed by atoms with Gasteiger partial charge < -0.3 is 20.7 Å². The number of benzene rings is 2. The van der Waals surface area contributed by atoms with Crippen molar-refractivity contribution < 1.29 is 18.7 Å². The lowest BCUT2D eigenvalue weighted by molar-refractivity contribution is -0.123. The smallest absolute Gasteiger partial charge is 0.265 e. The van der Waals surface area contributed by atoms with Gasteiger partial charge in [-0.25, -0.2) is 4.39 Å². The molecule has 0 radical (unpaired) electrons. The monoisotopic (exact) mass is 369 g/mol. The molecule has 2 amide bonds. The Morgan fingerprint density at radius 2 is 1.96 bits per heavy atom. The van der Waals surface area contributed by atoms with Crippen molar-refractivity contribution in [2.75, 3.05) is 10.6 Å². The lowest BCUT2D eigenvalue weighted by Crippen LogP contribution is -2.35. The molecule has 1 aliphatic heterocycles. The van der Waals surface area contributed by atoms with E-state index in [2.05, 4.69) is 16.0 Å². The average Bonchev–Trinajstić information content (AvgIpc) is 3.45. The molecule has 1 heterocycles. The summed E-state index contributed by atoms with van der Waals surface area (Å²) >= 11 is 0. The highest BCUT2D eigenvalue weighted by molar-refractivity contribution is 5.98. The van der Waals surface area contributed by atoms with Crippen LogP contribution in [-0.2, 0) is 9.59 Å². The van der Waals surface area contributed by atoms with Crippen LogP contribution in [0.3, 0.4) is 0 Å². The summed E-state index contributed by atoms with van der Waals surface area (Å²) < 4.78 is 18.8. The molecule has 27 heavy (non-hydrogen) atoms. The maximum absolute atomic E-state index is 13.3. The Morgan fingerprint density at radius 1 is 1.22 bits per heavy atom. The second-order valence-electron chi connectivity index (χ2n) is 6.87. The maximum atomic E-state index is 13.3. The predicted octanol–water partition coefficient (Wildman–Crippen LogP) is 2.98. The molecule has 6 nitrogen and oxygen atoms in total. The van der Waals surface area contributed by atoms with E-state index < -0.39 is 12.1 Å². The number of anilines is 2. The van der Waals surface area contributed by atoms with Crippen LogP contribution in [0, 0.1) is 5.82 Å². The van der Waals surface area contributed by atoms with Gasteiger partial charge in [-0.05, 0) is 55.7 Å². The Kier molecular flexibility index (Phi) is 4.43. The zero-order valence-corrected chi connectivity index (χ0v) is 14.8. The van der Waals surface area contributed by atoms with Crippen molar-refractivity contribution in [3.05, 3.63) is 53.8 Å². The molecule has 3 N–H and O–H groups in total. The van der Waals surface area contributed by atoms with Gasteiger partial charge in [-0.3, -0.25) is 9.59 Å². The molecule has 0 bridgehead atoms. The van der Waals surface area contributed by atoms with Crippen LogP contribution in [-0.4, -0.2) is 24.0 Å². The number of nitrogens with one attached hydrogen (secondary N) is 3. The molecule has 2 aromatic carbocycles. The Labute approximate surface area is 156 Å². The summed E-state index contributed by atoms with van der Waals surface area (Å²) in [5.41, 5.74) is 1.84. The lowest BCUT2D eigenvalue weighted by atomic mass is 10.1. The number of carbonyl (C=O) groups is 2. The Hall–Kier alpha value is -3.09. The number of rotatable bonds is 5. The fraction of sp³-hybridized carbons (Fsp3) is 0.300. The van der Waals surface area contributed by atoms with Gasteiger partial charge >= 0.3 is 0 Å². The third kappa shape index (κ3) is 3.86. The third-order valence-corrected chi connectivity index (χ3v) is 4.61. The molecule has 1 aliphatic carbocycles. The molecule has 0 spiro atoms. The van der Waals surface area contributed by atoms with Crippen LogP contribution in [0.15, 0.2) is 42.5 Å². The predicted molar refractivity (Wildman–Crippen MR) is 99.1 cm³/mol. The van der Waals surface area contributed by atoms with Gasteiger partial charge in [0.15, 0.2) is 6.10 Å². The Morgan fingerprint density at radius 3 is 2.67 bits per heavy atom. The molecule has 2 atom stereocenters. The van der Waals surface area contributed by atoms with Gasteiger partial charge in [0.25, 0.3) is 5.91 Å². The minimum absolute atomic E-state index is 0.171. The molecule has 0 saturated heterocycles. The highest BCUT2D eigenvalue weighted by Crippen LogP contribution is 2.33.